The first-order chi connectivity index (χ1) is 12.1. The average molecular weight is 406 g/mol. The van der Waals surface area contributed by atoms with Gasteiger partial charge >= 0.3 is 0 Å². The zero-order valence-electron chi connectivity index (χ0n) is 13.9. The van der Waals surface area contributed by atoms with Crippen LogP contribution in [0.4, 0.5) is 10.2 Å². The number of nitrogens with one attached hydrogen (secondary N) is 1. The van der Waals surface area contributed by atoms with Crippen molar-refractivity contribution in [2.24, 2.45) is 17.8 Å². The van der Waals surface area contributed by atoms with Gasteiger partial charge in [-0.1, -0.05) is 24.6 Å². The van der Waals surface area contributed by atoms with Crippen molar-refractivity contribution in [3.63, 3.8) is 0 Å². The van der Waals surface area contributed by atoms with Crippen molar-refractivity contribution in [2.45, 2.75) is 38.6 Å². The molecule has 1 heterocycles. The molecule has 1 N–H and O–H groups in total. The van der Waals surface area contributed by atoms with Gasteiger partial charge in [0, 0.05) is 18.2 Å². The van der Waals surface area contributed by atoms with Gasteiger partial charge in [0.15, 0.2) is 5.82 Å². The van der Waals surface area contributed by atoms with Crippen LogP contribution in [0.25, 0.3) is 0 Å². The number of hydrogen-bond donors (Lipinski definition) is 1. The first-order valence-electron chi connectivity index (χ1n) is 8.84. The molecule has 2 saturated carbocycles. The molecule has 0 spiro atoms. The second-order valence-corrected chi connectivity index (χ2v) is 8.16. The Bertz CT molecular complexity index is 791. The molecule has 0 radical (unpaired) electrons. The number of carbonyl (C=O) groups excluding carboxylic acids is 1. The maximum absolute atomic E-state index is 13.8. The summed E-state index contributed by atoms with van der Waals surface area (Å²) in [6, 6.07) is 6.64. The van der Waals surface area contributed by atoms with Gasteiger partial charge in [-0.15, -0.1) is 0 Å². The summed E-state index contributed by atoms with van der Waals surface area (Å²) in [5, 5.41) is 7.29. The molecular weight excluding hydrogens is 385 g/mol. The Balaban J connectivity index is 1.38. The van der Waals surface area contributed by atoms with Crippen LogP contribution in [0.5, 0.6) is 0 Å². The van der Waals surface area contributed by atoms with Crippen molar-refractivity contribution in [2.75, 3.05) is 5.32 Å². The minimum Gasteiger partial charge on any atom is -0.308 e. The van der Waals surface area contributed by atoms with Crippen LogP contribution in [0.15, 0.2) is 34.9 Å². The van der Waals surface area contributed by atoms with E-state index in [-0.39, 0.29) is 11.7 Å². The van der Waals surface area contributed by atoms with E-state index in [1.165, 1.54) is 31.7 Å². The Labute approximate surface area is 154 Å². The molecule has 1 aromatic carbocycles. The maximum atomic E-state index is 13.8. The zero-order valence-corrected chi connectivity index (χ0v) is 15.5. The molecule has 25 heavy (non-hydrogen) atoms. The number of aromatic nitrogens is 2. The lowest BCUT2D eigenvalue weighted by molar-refractivity contribution is -0.117. The lowest BCUT2D eigenvalue weighted by Crippen LogP contribution is -2.20. The van der Waals surface area contributed by atoms with Gasteiger partial charge in [0.1, 0.15) is 5.82 Å². The lowest BCUT2D eigenvalue weighted by atomic mass is 9.86. The van der Waals surface area contributed by atoms with Crippen molar-refractivity contribution in [1.29, 1.82) is 0 Å². The van der Waals surface area contributed by atoms with E-state index in [1.54, 1.807) is 29.1 Å². The average Bonchev–Trinajstić information content (AvgIpc) is 3.26. The molecule has 2 aliphatic carbocycles. The Kier molecular flexibility index (Phi) is 4.63. The van der Waals surface area contributed by atoms with E-state index >= 15 is 0 Å². The van der Waals surface area contributed by atoms with Crippen LogP contribution >= 0.6 is 15.9 Å². The van der Waals surface area contributed by atoms with E-state index in [0.717, 1.165) is 11.8 Å². The van der Waals surface area contributed by atoms with Crippen LogP contribution in [0.1, 0.15) is 37.7 Å². The van der Waals surface area contributed by atoms with Crippen LogP contribution in [-0.2, 0) is 11.3 Å². The summed E-state index contributed by atoms with van der Waals surface area (Å²) in [7, 11) is 0. The quantitative estimate of drug-likeness (QED) is 0.789. The third-order valence-corrected chi connectivity index (χ3v) is 6.18. The van der Waals surface area contributed by atoms with Gasteiger partial charge in [0.05, 0.1) is 11.0 Å². The van der Waals surface area contributed by atoms with Gasteiger partial charge in [-0.2, -0.15) is 5.10 Å². The second-order valence-electron chi connectivity index (χ2n) is 7.30. The summed E-state index contributed by atoms with van der Waals surface area (Å²) in [6.45, 7) is 0.327. The summed E-state index contributed by atoms with van der Waals surface area (Å²) in [5.41, 5.74) is 0.567. The molecule has 6 heteroatoms. The second kappa shape index (κ2) is 6.90. The Morgan fingerprint density at radius 3 is 2.88 bits per heavy atom. The molecule has 1 aromatic heterocycles. The highest BCUT2D eigenvalue weighted by Crippen LogP contribution is 2.49. The smallest absolute Gasteiger partial charge is 0.225 e. The molecular formula is C19H21BrFN3O. The van der Waals surface area contributed by atoms with Gasteiger partial charge in [-0.05, 0) is 59.0 Å². The third-order valence-electron chi connectivity index (χ3n) is 5.60. The van der Waals surface area contributed by atoms with Crippen LogP contribution in [0, 0.1) is 23.6 Å². The van der Waals surface area contributed by atoms with Gasteiger partial charge < -0.3 is 5.32 Å². The van der Waals surface area contributed by atoms with Crippen LogP contribution in [-0.4, -0.2) is 15.7 Å². The van der Waals surface area contributed by atoms with E-state index < -0.39 is 0 Å². The Morgan fingerprint density at radius 2 is 2.16 bits per heavy atom. The fourth-order valence-electron chi connectivity index (χ4n) is 4.41. The SMILES string of the molecule is O=C(CC1CC2CCC1C2)Nc1nn(Cc2ccccc2F)cc1Br. The summed E-state index contributed by atoms with van der Waals surface area (Å²) in [5.74, 6) is 2.38. The molecule has 4 rings (SSSR count). The largest absolute Gasteiger partial charge is 0.308 e. The highest BCUT2D eigenvalue weighted by Gasteiger charge is 2.40. The predicted octanol–water partition coefficient (Wildman–Crippen LogP) is 4.60. The summed E-state index contributed by atoms with van der Waals surface area (Å²) in [4.78, 5) is 12.4. The van der Waals surface area contributed by atoms with Crippen molar-refractivity contribution < 1.29 is 9.18 Å². The number of benzene rings is 1. The fourth-order valence-corrected chi connectivity index (χ4v) is 4.83. The number of amides is 1. The molecule has 0 aliphatic heterocycles. The lowest BCUT2D eigenvalue weighted by Gasteiger charge is -2.20. The van der Waals surface area contributed by atoms with Crippen LogP contribution in [0.3, 0.4) is 0 Å². The first kappa shape index (κ1) is 16.8. The highest BCUT2D eigenvalue weighted by molar-refractivity contribution is 9.10. The van der Waals surface area contributed by atoms with E-state index in [4.69, 9.17) is 0 Å². The Morgan fingerprint density at radius 1 is 1.32 bits per heavy atom. The molecule has 2 fully saturated rings. The molecule has 0 saturated heterocycles. The predicted molar refractivity (Wildman–Crippen MR) is 97.6 cm³/mol. The normalized spacial score (nSPS) is 24.6. The van der Waals surface area contributed by atoms with Gasteiger partial charge in [-0.25, -0.2) is 4.39 Å². The van der Waals surface area contributed by atoms with E-state index in [0.29, 0.717) is 34.7 Å². The number of hydrogen-bond acceptors (Lipinski definition) is 2. The maximum Gasteiger partial charge on any atom is 0.225 e. The standard InChI is InChI=1S/C19H21BrFN3O/c20-16-11-24(10-14-3-1-2-4-17(14)21)23-19(16)22-18(25)9-15-8-12-5-6-13(15)7-12/h1-4,11-13,15H,5-10H2,(H,22,23,25). The van der Waals surface area contributed by atoms with Crippen LogP contribution in [0.2, 0.25) is 0 Å². The monoisotopic (exact) mass is 405 g/mol. The van der Waals surface area contributed by atoms with Crippen molar-refractivity contribution >= 4 is 27.7 Å². The summed E-state index contributed by atoms with van der Waals surface area (Å²) >= 11 is 3.43. The highest BCUT2D eigenvalue weighted by atomic mass is 79.9. The van der Waals surface area contributed by atoms with Gasteiger partial charge in [0.25, 0.3) is 0 Å². The number of rotatable bonds is 5. The molecule has 3 atom stereocenters. The molecule has 2 bridgehead atoms. The molecule has 1 amide bonds. The zero-order chi connectivity index (χ0) is 17.4. The molecule has 4 nitrogen and oxygen atoms in total. The van der Waals surface area contributed by atoms with Crippen molar-refractivity contribution in [3.8, 4) is 0 Å². The molecule has 132 valence electrons. The number of nitrogens with zero attached hydrogens (tertiary/aromatic N) is 2. The van der Waals surface area contributed by atoms with Crippen LogP contribution < -0.4 is 5.32 Å². The van der Waals surface area contributed by atoms with E-state index in [1.807, 2.05) is 0 Å². The number of anilines is 1. The van der Waals surface area contributed by atoms with Crippen molar-refractivity contribution in [3.05, 3.63) is 46.3 Å². The molecule has 2 aromatic rings. The fraction of sp³-hybridized carbons (Fsp3) is 0.474. The van der Waals surface area contributed by atoms with Crippen molar-refractivity contribution in [1.82, 2.24) is 9.78 Å². The minimum atomic E-state index is -0.254. The summed E-state index contributed by atoms with van der Waals surface area (Å²) < 4.78 is 16.1. The number of carbonyl (C=O) groups is 1. The Hall–Kier alpha value is -1.69. The third kappa shape index (κ3) is 3.64. The van der Waals surface area contributed by atoms with Gasteiger partial charge in [-0.3, -0.25) is 9.48 Å². The number of fused-ring (bicyclic) bond motifs is 2. The van der Waals surface area contributed by atoms with E-state index in [9.17, 15) is 9.18 Å². The topological polar surface area (TPSA) is 46.9 Å². The molecule has 3 unspecified atom stereocenters. The molecule has 2 aliphatic rings. The van der Waals surface area contributed by atoms with Gasteiger partial charge in [0.2, 0.25) is 5.91 Å². The first-order valence-corrected chi connectivity index (χ1v) is 9.64. The summed E-state index contributed by atoms with van der Waals surface area (Å²) in [6.07, 6.45) is 7.46. The number of halogens is 2. The van der Waals surface area contributed by atoms with E-state index in [2.05, 4.69) is 26.3 Å². The minimum absolute atomic E-state index is 0.0226.